The quantitative estimate of drug-likeness (QED) is 0.668. The van der Waals surface area contributed by atoms with Gasteiger partial charge in [-0.1, -0.05) is 0 Å². The van der Waals surface area contributed by atoms with E-state index in [1.165, 1.54) is 36.7 Å². The second-order valence-electron chi connectivity index (χ2n) is 6.14. The minimum Gasteiger partial charge on any atom is -0.493 e. The molecule has 28 heavy (non-hydrogen) atoms. The zero-order chi connectivity index (χ0) is 20.1. The van der Waals surface area contributed by atoms with Crippen molar-refractivity contribution in [3.05, 3.63) is 46.7 Å². The molecule has 0 atom stereocenters. The summed E-state index contributed by atoms with van der Waals surface area (Å²) in [7, 11) is -0.718. The number of hydrogen-bond acceptors (Lipinski definition) is 6. The summed E-state index contributed by atoms with van der Waals surface area (Å²) in [5.74, 6) is 0.708. The molecule has 3 rings (SSSR count). The molecule has 0 saturated carbocycles. The molecular formula is C19H22N2O5S2. The zero-order valence-corrected chi connectivity index (χ0v) is 17.3. The Morgan fingerprint density at radius 2 is 1.79 bits per heavy atom. The highest BCUT2D eigenvalue weighted by Gasteiger charge is 2.30. The van der Waals surface area contributed by atoms with Crippen LogP contribution in [0.1, 0.15) is 5.56 Å². The maximum Gasteiger partial charge on any atom is 0.246 e. The molecule has 2 heterocycles. The summed E-state index contributed by atoms with van der Waals surface area (Å²) in [6, 6.07) is 6.45. The fourth-order valence-corrected chi connectivity index (χ4v) is 4.98. The van der Waals surface area contributed by atoms with Gasteiger partial charge in [-0.25, -0.2) is 8.42 Å². The van der Waals surface area contributed by atoms with Crippen molar-refractivity contribution < 1.29 is 22.7 Å². The first-order chi connectivity index (χ1) is 13.5. The summed E-state index contributed by atoms with van der Waals surface area (Å²) in [6.45, 7) is 1.18. The number of piperazine rings is 1. The predicted molar refractivity (Wildman–Crippen MR) is 108 cm³/mol. The number of hydrogen-bond donors (Lipinski definition) is 0. The number of nitrogens with zero attached hydrogens (tertiary/aromatic N) is 2. The monoisotopic (exact) mass is 422 g/mol. The first-order valence-electron chi connectivity index (χ1n) is 8.67. The number of rotatable bonds is 6. The van der Waals surface area contributed by atoms with Gasteiger partial charge < -0.3 is 14.4 Å². The van der Waals surface area contributed by atoms with Crippen LogP contribution in [-0.4, -0.2) is 63.9 Å². The van der Waals surface area contributed by atoms with Gasteiger partial charge >= 0.3 is 0 Å². The standard InChI is InChI=1S/C19H22N2O5S2/c1-25-17-5-4-16(13-18(17)26-2)28(23,24)21-10-8-20(9-11-21)19(22)6-3-15-7-12-27-14-15/h3-7,12-14H,8-11H2,1-2H3. The molecule has 7 nitrogen and oxygen atoms in total. The molecule has 1 aromatic heterocycles. The SMILES string of the molecule is COc1ccc(S(=O)(=O)N2CCN(C(=O)C=Cc3ccsc3)CC2)cc1OC. The number of carbonyl (C=O) groups is 1. The summed E-state index contributed by atoms with van der Waals surface area (Å²) >= 11 is 1.57. The Kier molecular flexibility index (Phi) is 6.38. The Morgan fingerprint density at radius 3 is 2.39 bits per heavy atom. The average Bonchev–Trinajstić information content (AvgIpc) is 3.25. The summed E-state index contributed by atoms with van der Waals surface area (Å²) in [6.07, 6.45) is 3.30. The summed E-state index contributed by atoms with van der Waals surface area (Å²) in [4.78, 5) is 14.1. The second-order valence-corrected chi connectivity index (χ2v) is 8.85. The largest absolute Gasteiger partial charge is 0.493 e. The van der Waals surface area contributed by atoms with E-state index in [1.807, 2.05) is 16.8 Å². The zero-order valence-electron chi connectivity index (χ0n) is 15.7. The summed E-state index contributed by atoms with van der Waals surface area (Å²) < 4.78 is 37.6. The van der Waals surface area contributed by atoms with E-state index in [2.05, 4.69) is 0 Å². The lowest BCUT2D eigenvalue weighted by Crippen LogP contribution is -2.50. The molecule has 1 aromatic carbocycles. The van der Waals surface area contributed by atoms with Crippen LogP contribution in [-0.2, 0) is 14.8 Å². The molecule has 9 heteroatoms. The van der Waals surface area contributed by atoms with Gasteiger partial charge in [0.25, 0.3) is 0 Å². The number of benzene rings is 1. The Hall–Kier alpha value is -2.36. The molecule has 150 valence electrons. The predicted octanol–water partition coefficient (Wildman–Crippen LogP) is 2.31. The van der Waals surface area contributed by atoms with E-state index >= 15 is 0 Å². The van der Waals surface area contributed by atoms with Crippen molar-refractivity contribution >= 4 is 33.3 Å². The van der Waals surface area contributed by atoms with E-state index in [-0.39, 0.29) is 23.9 Å². The summed E-state index contributed by atoms with van der Waals surface area (Å²) in [5.41, 5.74) is 0.980. The fraction of sp³-hybridized carbons (Fsp3) is 0.316. The number of carbonyl (C=O) groups excluding carboxylic acids is 1. The maximum atomic E-state index is 12.9. The van der Waals surface area contributed by atoms with E-state index in [1.54, 1.807) is 28.4 Å². The highest BCUT2D eigenvalue weighted by atomic mass is 32.2. The Bertz CT molecular complexity index is 947. The van der Waals surface area contributed by atoms with Gasteiger partial charge in [0.2, 0.25) is 15.9 Å². The van der Waals surface area contributed by atoms with Gasteiger partial charge in [0.05, 0.1) is 19.1 Å². The van der Waals surface area contributed by atoms with E-state index in [0.717, 1.165) is 5.56 Å². The lowest BCUT2D eigenvalue weighted by molar-refractivity contribution is -0.127. The van der Waals surface area contributed by atoms with Crippen molar-refractivity contribution in [2.75, 3.05) is 40.4 Å². The van der Waals surface area contributed by atoms with Crippen LogP contribution in [0.25, 0.3) is 6.08 Å². The molecule has 1 amide bonds. The molecule has 0 bridgehead atoms. The molecule has 0 spiro atoms. The topological polar surface area (TPSA) is 76.2 Å². The first kappa shape index (κ1) is 20.4. The third-order valence-electron chi connectivity index (χ3n) is 4.50. The van der Waals surface area contributed by atoms with Crippen molar-refractivity contribution in [2.45, 2.75) is 4.90 Å². The van der Waals surface area contributed by atoms with Crippen LogP contribution in [0.4, 0.5) is 0 Å². The number of thiophene rings is 1. The van der Waals surface area contributed by atoms with Crippen molar-refractivity contribution in [3.8, 4) is 11.5 Å². The first-order valence-corrected chi connectivity index (χ1v) is 11.1. The van der Waals surface area contributed by atoms with Crippen LogP contribution in [0, 0.1) is 0 Å². The van der Waals surface area contributed by atoms with Crippen LogP contribution in [0.2, 0.25) is 0 Å². The molecule has 0 radical (unpaired) electrons. The molecule has 1 aliphatic rings. The Balaban J connectivity index is 1.66. The molecule has 1 aliphatic heterocycles. The molecule has 0 N–H and O–H groups in total. The lowest BCUT2D eigenvalue weighted by Gasteiger charge is -2.33. The van der Waals surface area contributed by atoms with Gasteiger partial charge in [-0.15, -0.1) is 0 Å². The highest BCUT2D eigenvalue weighted by molar-refractivity contribution is 7.89. The van der Waals surface area contributed by atoms with Gasteiger partial charge in [0, 0.05) is 38.3 Å². The number of amides is 1. The molecule has 1 fully saturated rings. The maximum absolute atomic E-state index is 12.9. The molecule has 0 unspecified atom stereocenters. The van der Waals surface area contributed by atoms with Crippen molar-refractivity contribution in [1.29, 1.82) is 0 Å². The summed E-state index contributed by atoms with van der Waals surface area (Å²) in [5, 5.41) is 3.90. The molecule has 0 aliphatic carbocycles. The number of ether oxygens (including phenoxy) is 2. The lowest BCUT2D eigenvalue weighted by atomic mass is 10.3. The minimum atomic E-state index is -3.67. The van der Waals surface area contributed by atoms with Gasteiger partial charge in [-0.2, -0.15) is 15.6 Å². The number of sulfonamides is 1. The van der Waals surface area contributed by atoms with E-state index < -0.39 is 10.0 Å². The smallest absolute Gasteiger partial charge is 0.246 e. The van der Waals surface area contributed by atoms with Crippen LogP contribution in [0.5, 0.6) is 11.5 Å². The van der Waals surface area contributed by atoms with Gasteiger partial charge in [0.15, 0.2) is 11.5 Å². The third kappa shape index (κ3) is 4.37. The molecule has 2 aromatic rings. The van der Waals surface area contributed by atoms with Crippen molar-refractivity contribution in [1.82, 2.24) is 9.21 Å². The van der Waals surface area contributed by atoms with Gasteiger partial charge in [0.1, 0.15) is 0 Å². The van der Waals surface area contributed by atoms with Crippen LogP contribution in [0.15, 0.2) is 46.0 Å². The number of methoxy groups -OCH3 is 2. The molecule has 1 saturated heterocycles. The van der Waals surface area contributed by atoms with Gasteiger partial charge in [-0.3, -0.25) is 4.79 Å². The van der Waals surface area contributed by atoms with Crippen LogP contribution < -0.4 is 9.47 Å². The third-order valence-corrected chi connectivity index (χ3v) is 7.10. The van der Waals surface area contributed by atoms with E-state index in [0.29, 0.717) is 24.6 Å². The Labute approximate surface area is 168 Å². The van der Waals surface area contributed by atoms with E-state index in [9.17, 15) is 13.2 Å². The second kappa shape index (κ2) is 8.76. The average molecular weight is 423 g/mol. The fourth-order valence-electron chi connectivity index (χ4n) is 2.92. The Morgan fingerprint density at radius 1 is 1.07 bits per heavy atom. The van der Waals surface area contributed by atoms with Crippen LogP contribution in [0.3, 0.4) is 0 Å². The highest BCUT2D eigenvalue weighted by Crippen LogP contribution is 2.30. The van der Waals surface area contributed by atoms with Crippen LogP contribution >= 0.6 is 11.3 Å². The van der Waals surface area contributed by atoms with E-state index in [4.69, 9.17) is 9.47 Å². The normalized spacial score (nSPS) is 15.7. The van der Waals surface area contributed by atoms with Crippen molar-refractivity contribution in [2.24, 2.45) is 0 Å². The minimum absolute atomic E-state index is 0.116. The molecular weight excluding hydrogens is 400 g/mol. The van der Waals surface area contributed by atoms with Crippen molar-refractivity contribution in [3.63, 3.8) is 0 Å². The van der Waals surface area contributed by atoms with Gasteiger partial charge in [-0.05, 0) is 40.6 Å².